The first-order chi connectivity index (χ1) is 9.70. The minimum atomic E-state index is 0.467. The topological polar surface area (TPSA) is 77.8 Å². The zero-order valence-electron chi connectivity index (χ0n) is 11.3. The van der Waals surface area contributed by atoms with Crippen LogP contribution in [0.3, 0.4) is 0 Å². The average molecular weight is 286 g/mol. The second-order valence-corrected chi connectivity index (χ2v) is 5.35. The number of thiophene rings is 1. The van der Waals surface area contributed by atoms with E-state index >= 15 is 0 Å². The molecule has 0 saturated heterocycles. The fourth-order valence-electron chi connectivity index (χ4n) is 1.97. The van der Waals surface area contributed by atoms with Crippen LogP contribution in [0.5, 0.6) is 0 Å². The number of nitrogens with two attached hydrogens (primary N) is 1. The fourth-order valence-corrected chi connectivity index (χ4v) is 2.86. The van der Waals surface area contributed by atoms with Crippen molar-refractivity contribution in [2.45, 2.75) is 20.3 Å². The van der Waals surface area contributed by atoms with Crippen molar-refractivity contribution in [3.63, 3.8) is 0 Å². The molecule has 0 aromatic carbocycles. The van der Waals surface area contributed by atoms with Gasteiger partial charge in [-0.3, -0.25) is 4.98 Å². The summed E-state index contributed by atoms with van der Waals surface area (Å²) in [5.41, 5.74) is 9.79. The van der Waals surface area contributed by atoms with Gasteiger partial charge < -0.3 is 10.3 Å². The van der Waals surface area contributed by atoms with Crippen LogP contribution in [0, 0.1) is 6.92 Å². The van der Waals surface area contributed by atoms with Crippen LogP contribution in [0.1, 0.15) is 18.1 Å². The van der Waals surface area contributed by atoms with Gasteiger partial charge in [-0.15, -0.1) is 11.3 Å². The molecule has 0 fully saturated rings. The van der Waals surface area contributed by atoms with E-state index in [1.165, 1.54) is 11.3 Å². The third-order valence-electron chi connectivity index (χ3n) is 3.17. The van der Waals surface area contributed by atoms with Crippen LogP contribution in [0.15, 0.2) is 28.4 Å². The summed E-state index contributed by atoms with van der Waals surface area (Å²) in [6, 6.07) is 1.90. The Labute approximate surface area is 120 Å². The first kappa shape index (κ1) is 12.8. The Morgan fingerprint density at radius 3 is 2.95 bits per heavy atom. The smallest absolute Gasteiger partial charge is 0.270 e. The van der Waals surface area contributed by atoms with Crippen LogP contribution in [0.25, 0.3) is 22.2 Å². The molecule has 3 rings (SSSR count). The van der Waals surface area contributed by atoms with Crippen molar-refractivity contribution in [3.05, 3.63) is 35.0 Å². The molecule has 3 heterocycles. The largest absolute Gasteiger partial charge is 0.397 e. The maximum atomic E-state index is 6.01. The van der Waals surface area contributed by atoms with Crippen molar-refractivity contribution < 1.29 is 4.52 Å². The van der Waals surface area contributed by atoms with E-state index in [0.717, 1.165) is 28.0 Å². The van der Waals surface area contributed by atoms with Gasteiger partial charge in [0.1, 0.15) is 4.88 Å². The summed E-state index contributed by atoms with van der Waals surface area (Å²) >= 11 is 1.51. The minimum absolute atomic E-state index is 0.467. The molecule has 5 nitrogen and oxygen atoms in total. The predicted molar refractivity (Wildman–Crippen MR) is 79.4 cm³/mol. The van der Waals surface area contributed by atoms with Gasteiger partial charge in [0.25, 0.3) is 5.89 Å². The van der Waals surface area contributed by atoms with Crippen LogP contribution in [-0.2, 0) is 6.42 Å². The molecule has 0 radical (unpaired) electrons. The Morgan fingerprint density at radius 2 is 2.25 bits per heavy atom. The van der Waals surface area contributed by atoms with Crippen molar-refractivity contribution in [2.75, 3.05) is 5.73 Å². The van der Waals surface area contributed by atoms with Crippen molar-refractivity contribution in [1.82, 2.24) is 15.1 Å². The highest BCUT2D eigenvalue weighted by Crippen LogP contribution is 2.34. The number of nitrogens with zero attached hydrogens (tertiary/aromatic N) is 3. The molecule has 102 valence electrons. The van der Waals surface area contributed by atoms with E-state index in [2.05, 4.69) is 22.0 Å². The Morgan fingerprint density at radius 1 is 1.40 bits per heavy atom. The van der Waals surface area contributed by atoms with Gasteiger partial charge in [0.2, 0.25) is 5.82 Å². The van der Waals surface area contributed by atoms with E-state index in [-0.39, 0.29) is 0 Å². The Balaban J connectivity index is 2.04. The number of pyridine rings is 1. The van der Waals surface area contributed by atoms with E-state index in [1.54, 1.807) is 6.20 Å². The molecule has 3 aromatic heterocycles. The summed E-state index contributed by atoms with van der Waals surface area (Å²) in [5.74, 6) is 1.04. The van der Waals surface area contributed by atoms with Crippen molar-refractivity contribution in [3.8, 4) is 22.2 Å². The van der Waals surface area contributed by atoms with Gasteiger partial charge >= 0.3 is 0 Å². The lowest BCUT2D eigenvalue weighted by Gasteiger charge is -2.00. The predicted octanol–water partition coefficient (Wildman–Crippen LogP) is 3.31. The molecular formula is C14H14N4OS. The molecule has 2 N–H and O–H groups in total. The molecule has 20 heavy (non-hydrogen) atoms. The quantitative estimate of drug-likeness (QED) is 0.799. The van der Waals surface area contributed by atoms with Crippen LogP contribution in [0.2, 0.25) is 0 Å². The second kappa shape index (κ2) is 5.05. The molecule has 6 heteroatoms. The Bertz CT molecular complexity index is 747. The maximum Gasteiger partial charge on any atom is 0.270 e. The molecule has 0 aliphatic heterocycles. The molecule has 0 spiro atoms. The Kier molecular flexibility index (Phi) is 3.23. The third kappa shape index (κ3) is 2.08. The first-order valence-corrected chi connectivity index (χ1v) is 7.19. The standard InChI is InChI=1S/C14H14N4OS/c1-3-9-6-16-5-4-10(9)13-17-14(19-18-13)12-11(15)8(2)7-20-12/h4-7H,3,15H2,1-2H3. The normalized spacial score (nSPS) is 10.9. The fraction of sp³-hybridized carbons (Fsp3) is 0.214. The van der Waals surface area contributed by atoms with Crippen LogP contribution in [0.4, 0.5) is 5.69 Å². The van der Waals surface area contributed by atoms with Gasteiger partial charge in [0.05, 0.1) is 5.69 Å². The van der Waals surface area contributed by atoms with Gasteiger partial charge in [-0.1, -0.05) is 12.1 Å². The average Bonchev–Trinajstić information content (AvgIpc) is 3.07. The number of aromatic nitrogens is 3. The molecule has 0 aliphatic rings. The van der Waals surface area contributed by atoms with Crippen molar-refractivity contribution in [2.24, 2.45) is 0 Å². The first-order valence-electron chi connectivity index (χ1n) is 6.31. The lowest BCUT2D eigenvalue weighted by molar-refractivity contribution is 0.433. The van der Waals surface area contributed by atoms with Gasteiger partial charge in [-0.25, -0.2) is 0 Å². The minimum Gasteiger partial charge on any atom is -0.397 e. The van der Waals surface area contributed by atoms with Crippen LogP contribution < -0.4 is 5.73 Å². The zero-order chi connectivity index (χ0) is 14.1. The summed E-state index contributed by atoms with van der Waals surface area (Å²) in [7, 11) is 0. The molecule has 0 atom stereocenters. The van der Waals surface area contributed by atoms with Gasteiger partial charge in [-0.2, -0.15) is 4.98 Å². The summed E-state index contributed by atoms with van der Waals surface area (Å²) in [6.45, 7) is 4.03. The van der Waals surface area contributed by atoms with Crippen LogP contribution >= 0.6 is 11.3 Å². The summed E-state index contributed by atoms with van der Waals surface area (Å²) < 4.78 is 5.35. The summed E-state index contributed by atoms with van der Waals surface area (Å²) in [5, 5.41) is 6.04. The molecule has 0 amide bonds. The molecule has 0 saturated carbocycles. The monoisotopic (exact) mass is 286 g/mol. The van der Waals surface area contributed by atoms with E-state index in [1.807, 2.05) is 24.6 Å². The van der Waals surface area contributed by atoms with Crippen molar-refractivity contribution in [1.29, 1.82) is 0 Å². The molecular weight excluding hydrogens is 272 g/mol. The highest BCUT2D eigenvalue weighted by Gasteiger charge is 2.17. The zero-order valence-corrected chi connectivity index (χ0v) is 12.1. The van der Waals surface area contributed by atoms with Crippen molar-refractivity contribution >= 4 is 17.0 Å². The van der Waals surface area contributed by atoms with E-state index in [4.69, 9.17) is 10.3 Å². The number of nitrogen functional groups attached to an aromatic ring is 1. The van der Waals surface area contributed by atoms with E-state index in [9.17, 15) is 0 Å². The number of aryl methyl sites for hydroxylation is 2. The lowest BCUT2D eigenvalue weighted by atomic mass is 10.1. The SMILES string of the molecule is CCc1cnccc1-c1noc(-c2scc(C)c2N)n1. The van der Waals surface area contributed by atoms with Gasteiger partial charge in [-0.05, 0) is 35.9 Å². The van der Waals surface area contributed by atoms with Gasteiger partial charge in [0.15, 0.2) is 0 Å². The molecule has 3 aromatic rings. The number of anilines is 1. The highest BCUT2D eigenvalue weighted by atomic mass is 32.1. The summed E-state index contributed by atoms with van der Waals surface area (Å²) in [4.78, 5) is 9.41. The Hall–Kier alpha value is -2.21. The highest BCUT2D eigenvalue weighted by molar-refractivity contribution is 7.14. The molecule has 0 bridgehead atoms. The third-order valence-corrected chi connectivity index (χ3v) is 4.27. The van der Waals surface area contributed by atoms with E-state index < -0.39 is 0 Å². The maximum absolute atomic E-state index is 6.01. The lowest BCUT2D eigenvalue weighted by Crippen LogP contribution is -1.91. The molecule has 0 unspecified atom stereocenters. The molecule has 0 aliphatic carbocycles. The van der Waals surface area contributed by atoms with E-state index in [0.29, 0.717) is 17.4 Å². The van der Waals surface area contributed by atoms with Gasteiger partial charge in [0, 0.05) is 18.0 Å². The number of hydrogen-bond acceptors (Lipinski definition) is 6. The summed E-state index contributed by atoms with van der Waals surface area (Å²) in [6.07, 6.45) is 4.43. The number of hydrogen-bond donors (Lipinski definition) is 1. The number of rotatable bonds is 3. The van der Waals surface area contributed by atoms with Crippen LogP contribution in [-0.4, -0.2) is 15.1 Å². The second-order valence-electron chi connectivity index (χ2n) is 4.47.